The lowest BCUT2D eigenvalue weighted by Crippen LogP contribution is -2.40. The van der Waals surface area contributed by atoms with Gasteiger partial charge in [-0.05, 0) is 20.8 Å². The Bertz CT molecular complexity index is 440. The molecule has 0 bridgehead atoms. The minimum Gasteiger partial charge on any atom is -0.459 e. The molecule has 6 heteroatoms. The van der Waals surface area contributed by atoms with Crippen LogP contribution in [0.1, 0.15) is 47.4 Å². The smallest absolute Gasteiger partial charge is 0.325 e. The summed E-state index contributed by atoms with van der Waals surface area (Å²) in [5, 5.41) is 4.32. The molecule has 0 spiro atoms. The Morgan fingerprint density at radius 2 is 1.95 bits per heavy atom. The lowest BCUT2D eigenvalue weighted by Gasteiger charge is -2.22. The minimum atomic E-state index is -0.742. The van der Waals surface area contributed by atoms with Crippen molar-refractivity contribution in [1.82, 2.24) is 14.8 Å². The fourth-order valence-electron chi connectivity index (χ4n) is 1.38. The van der Waals surface area contributed by atoms with E-state index in [4.69, 9.17) is 10.5 Å². The maximum absolute atomic E-state index is 11.8. The van der Waals surface area contributed by atoms with Crippen molar-refractivity contribution in [3.63, 3.8) is 0 Å². The van der Waals surface area contributed by atoms with Crippen LogP contribution in [0.3, 0.4) is 0 Å². The Hall–Kier alpha value is -1.43. The van der Waals surface area contributed by atoms with Crippen molar-refractivity contribution in [2.24, 2.45) is 5.73 Å². The molecule has 1 heterocycles. The Morgan fingerprint density at radius 3 is 2.37 bits per heavy atom. The van der Waals surface area contributed by atoms with Crippen LogP contribution in [0.15, 0.2) is 6.33 Å². The number of hydrogen-bond donors (Lipinski definition) is 1. The lowest BCUT2D eigenvalue weighted by atomic mass is 9.96. The molecular weight excluding hydrogens is 244 g/mol. The van der Waals surface area contributed by atoms with Gasteiger partial charge in [0.15, 0.2) is 5.82 Å². The van der Waals surface area contributed by atoms with Gasteiger partial charge < -0.3 is 10.5 Å². The number of hydrogen-bond acceptors (Lipinski definition) is 5. The second-order valence-electron chi connectivity index (χ2n) is 6.68. The van der Waals surface area contributed by atoms with Crippen LogP contribution in [-0.2, 0) is 21.5 Å². The molecule has 1 unspecified atom stereocenters. The van der Waals surface area contributed by atoms with E-state index in [0.717, 1.165) is 5.82 Å². The number of rotatable bonds is 3. The van der Waals surface area contributed by atoms with Crippen LogP contribution in [0.25, 0.3) is 0 Å². The van der Waals surface area contributed by atoms with E-state index in [2.05, 4.69) is 10.1 Å². The summed E-state index contributed by atoms with van der Waals surface area (Å²) in [6.45, 7) is 11.8. The quantitative estimate of drug-likeness (QED) is 0.834. The standard InChI is InChI=1S/C13H24N4O2/c1-12(2,3)11-15-8-17(16-11)7-9(14)10(18)19-13(4,5)6/h8-9H,7,14H2,1-6H3. The third-order valence-electron chi connectivity index (χ3n) is 2.30. The van der Waals surface area contributed by atoms with Crippen molar-refractivity contribution >= 4 is 5.97 Å². The first kappa shape index (κ1) is 15.6. The van der Waals surface area contributed by atoms with Gasteiger partial charge in [0.2, 0.25) is 0 Å². The van der Waals surface area contributed by atoms with Gasteiger partial charge in [0.1, 0.15) is 18.0 Å². The number of esters is 1. The first-order chi connectivity index (χ1) is 8.49. The molecule has 0 aliphatic rings. The van der Waals surface area contributed by atoms with Gasteiger partial charge in [-0.2, -0.15) is 5.10 Å². The summed E-state index contributed by atoms with van der Waals surface area (Å²) in [4.78, 5) is 16.0. The van der Waals surface area contributed by atoms with E-state index in [1.807, 2.05) is 41.5 Å². The van der Waals surface area contributed by atoms with Crippen molar-refractivity contribution in [3.05, 3.63) is 12.2 Å². The predicted molar refractivity (Wildman–Crippen MR) is 72.5 cm³/mol. The molecule has 0 aliphatic heterocycles. The van der Waals surface area contributed by atoms with Gasteiger partial charge in [0, 0.05) is 5.41 Å². The Morgan fingerprint density at radius 1 is 1.37 bits per heavy atom. The van der Waals surface area contributed by atoms with Crippen LogP contribution >= 0.6 is 0 Å². The first-order valence-corrected chi connectivity index (χ1v) is 6.37. The molecule has 19 heavy (non-hydrogen) atoms. The monoisotopic (exact) mass is 268 g/mol. The highest BCUT2D eigenvalue weighted by molar-refractivity contribution is 5.75. The second kappa shape index (κ2) is 5.28. The second-order valence-corrected chi connectivity index (χ2v) is 6.68. The number of carbonyl (C=O) groups is 1. The third-order valence-corrected chi connectivity index (χ3v) is 2.30. The van der Waals surface area contributed by atoms with E-state index in [1.54, 1.807) is 11.0 Å². The zero-order valence-corrected chi connectivity index (χ0v) is 12.6. The van der Waals surface area contributed by atoms with Crippen LogP contribution < -0.4 is 5.73 Å². The van der Waals surface area contributed by atoms with Crippen LogP contribution in [0.2, 0.25) is 0 Å². The molecule has 1 atom stereocenters. The zero-order chi connectivity index (χ0) is 14.8. The summed E-state index contributed by atoms with van der Waals surface area (Å²) in [7, 11) is 0. The lowest BCUT2D eigenvalue weighted by molar-refractivity contribution is -0.156. The molecule has 108 valence electrons. The molecule has 0 aromatic carbocycles. The maximum atomic E-state index is 11.8. The fourth-order valence-corrected chi connectivity index (χ4v) is 1.38. The minimum absolute atomic E-state index is 0.124. The van der Waals surface area contributed by atoms with E-state index in [1.165, 1.54) is 0 Å². The topological polar surface area (TPSA) is 83.0 Å². The molecule has 0 saturated heterocycles. The molecule has 2 N–H and O–H groups in total. The van der Waals surface area contributed by atoms with Gasteiger partial charge in [-0.3, -0.25) is 9.48 Å². The van der Waals surface area contributed by atoms with E-state index in [9.17, 15) is 4.79 Å². The average Bonchev–Trinajstić information content (AvgIpc) is 2.62. The van der Waals surface area contributed by atoms with E-state index in [-0.39, 0.29) is 12.0 Å². The van der Waals surface area contributed by atoms with Crippen molar-refractivity contribution in [2.45, 2.75) is 65.1 Å². The molecular formula is C13H24N4O2. The number of nitrogens with two attached hydrogens (primary N) is 1. The predicted octanol–water partition coefficient (Wildman–Crippen LogP) is 1.24. The normalized spacial score (nSPS) is 14.3. The van der Waals surface area contributed by atoms with Crippen molar-refractivity contribution < 1.29 is 9.53 Å². The highest BCUT2D eigenvalue weighted by Crippen LogP contribution is 2.17. The van der Waals surface area contributed by atoms with E-state index >= 15 is 0 Å². The summed E-state index contributed by atoms with van der Waals surface area (Å²) < 4.78 is 6.80. The molecule has 0 radical (unpaired) electrons. The summed E-state index contributed by atoms with van der Waals surface area (Å²) in [6, 6.07) is -0.742. The van der Waals surface area contributed by atoms with Crippen molar-refractivity contribution in [3.8, 4) is 0 Å². The first-order valence-electron chi connectivity index (χ1n) is 6.37. The molecule has 6 nitrogen and oxygen atoms in total. The van der Waals surface area contributed by atoms with Gasteiger partial charge in [0.25, 0.3) is 0 Å². The highest BCUT2D eigenvalue weighted by atomic mass is 16.6. The summed E-state index contributed by atoms with van der Waals surface area (Å²) in [5.74, 6) is 0.296. The molecule has 0 saturated carbocycles. The number of ether oxygens (including phenoxy) is 1. The van der Waals surface area contributed by atoms with Crippen LogP contribution in [0.5, 0.6) is 0 Å². The molecule has 1 aromatic heterocycles. The van der Waals surface area contributed by atoms with Crippen LogP contribution in [-0.4, -0.2) is 32.4 Å². The van der Waals surface area contributed by atoms with Crippen molar-refractivity contribution in [2.75, 3.05) is 0 Å². The average molecular weight is 268 g/mol. The van der Waals surface area contributed by atoms with Gasteiger partial charge in [-0.15, -0.1) is 0 Å². The van der Waals surface area contributed by atoms with E-state index < -0.39 is 17.6 Å². The molecule has 1 aromatic rings. The molecule has 0 amide bonds. The van der Waals surface area contributed by atoms with Crippen LogP contribution in [0.4, 0.5) is 0 Å². The Balaban J connectivity index is 2.65. The molecule has 0 aliphatic carbocycles. The number of carbonyl (C=O) groups excluding carboxylic acids is 1. The zero-order valence-electron chi connectivity index (χ0n) is 12.6. The SMILES string of the molecule is CC(C)(C)OC(=O)C(N)Cn1cnc(C(C)(C)C)n1. The maximum Gasteiger partial charge on any atom is 0.325 e. The fraction of sp³-hybridized carbons (Fsp3) is 0.769. The number of nitrogens with zero attached hydrogens (tertiary/aromatic N) is 3. The van der Waals surface area contributed by atoms with Gasteiger partial charge in [0.05, 0.1) is 6.54 Å². The summed E-state index contributed by atoms with van der Waals surface area (Å²) >= 11 is 0. The van der Waals surface area contributed by atoms with Crippen LogP contribution in [0, 0.1) is 0 Å². The highest BCUT2D eigenvalue weighted by Gasteiger charge is 2.24. The van der Waals surface area contributed by atoms with E-state index in [0.29, 0.717) is 0 Å². The largest absolute Gasteiger partial charge is 0.459 e. The third kappa shape index (κ3) is 4.98. The van der Waals surface area contributed by atoms with Crippen molar-refractivity contribution in [1.29, 1.82) is 0 Å². The Kier molecular flexibility index (Phi) is 4.35. The molecule has 1 rings (SSSR count). The van der Waals surface area contributed by atoms with Gasteiger partial charge in [-0.1, -0.05) is 20.8 Å². The summed E-state index contributed by atoms with van der Waals surface area (Å²) in [6.07, 6.45) is 1.59. The van der Waals surface area contributed by atoms with Gasteiger partial charge in [-0.25, -0.2) is 4.98 Å². The summed E-state index contributed by atoms with van der Waals surface area (Å²) in [5.41, 5.74) is 5.15. The number of aromatic nitrogens is 3. The van der Waals surface area contributed by atoms with Gasteiger partial charge >= 0.3 is 5.97 Å². The Labute approximate surface area is 114 Å². The molecule has 0 fully saturated rings.